The SMILES string of the molecule is Nc1cccc(C(=O)Nc2ccc(-c3nnc4n3CCCCC4)cc2)c1. The first-order valence-electron chi connectivity index (χ1n) is 8.90. The lowest BCUT2D eigenvalue weighted by Gasteiger charge is -2.09. The number of anilines is 2. The summed E-state index contributed by atoms with van der Waals surface area (Å²) in [5.74, 6) is 1.79. The van der Waals surface area contributed by atoms with Crippen LogP contribution in [0.4, 0.5) is 11.4 Å². The fourth-order valence-electron chi connectivity index (χ4n) is 3.28. The van der Waals surface area contributed by atoms with E-state index in [1.54, 1.807) is 24.3 Å². The minimum absolute atomic E-state index is 0.179. The van der Waals surface area contributed by atoms with Crippen LogP contribution in [0.5, 0.6) is 0 Å². The highest BCUT2D eigenvalue weighted by molar-refractivity contribution is 6.04. The Hall–Kier alpha value is -3.15. The molecule has 0 bridgehead atoms. The minimum Gasteiger partial charge on any atom is -0.399 e. The Kier molecular flexibility index (Phi) is 4.39. The molecule has 26 heavy (non-hydrogen) atoms. The predicted molar refractivity (Wildman–Crippen MR) is 102 cm³/mol. The van der Waals surface area contributed by atoms with Gasteiger partial charge in [0.05, 0.1) is 0 Å². The lowest BCUT2D eigenvalue weighted by Crippen LogP contribution is -2.12. The largest absolute Gasteiger partial charge is 0.399 e. The van der Waals surface area contributed by atoms with Gasteiger partial charge < -0.3 is 15.6 Å². The van der Waals surface area contributed by atoms with E-state index in [2.05, 4.69) is 20.1 Å². The van der Waals surface area contributed by atoms with Crippen LogP contribution in [0, 0.1) is 0 Å². The molecule has 1 aliphatic rings. The van der Waals surface area contributed by atoms with Gasteiger partial charge in [-0.25, -0.2) is 0 Å². The number of nitrogen functional groups attached to an aromatic ring is 1. The van der Waals surface area contributed by atoms with Crippen LogP contribution in [0.1, 0.15) is 35.4 Å². The van der Waals surface area contributed by atoms with Crippen molar-refractivity contribution >= 4 is 17.3 Å². The van der Waals surface area contributed by atoms with Gasteiger partial charge in [-0.15, -0.1) is 10.2 Å². The van der Waals surface area contributed by atoms with Gasteiger partial charge in [0, 0.05) is 35.5 Å². The van der Waals surface area contributed by atoms with E-state index in [0.717, 1.165) is 42.3 Å². The molecule has 0 fully saturated rings. The third-order valence-electron chi connectivity index (χ3n) is 4.66. The van der Waals surface area contributed by atoms with Crippen LogP contribution in [0.3, 0.4) is 0 Å². The van der Waals surface area contributed by atoms with E-state index in [-0.39, 0.29) is 5.91 Å². The zero-order valence-electron chi connectivity index (χ0n) is 14.5. The first-order chi connectivity index (χ1) is 12.7. The van der Waals surface area contributed by atoms with Gasteiger partial charge in [-0.05, 0) is 55.3 Å². The zero-order chi connectivity index (χ0) is 17.9. The number of aromatic nitrogens is 3. The summed E-state index contributed by atoms with van der Waals surface area (Å²) in [5, 5.41) is 11.6. The molecule has 6 heteroatoms. The molecule has 0 saturated carbocycles. The summed E-state index contributed by atoms with van der Waals surface area (Å²) >= 11 is 0. The molecule has 2 heterocycles. The number of carbonyl (C=O) groups is 1. The lowest BCUT2D eigenvalue weighted by molar-refractivity contribution is 0.102. The normalized spacial score (nSPS) is 13.7. The second-order valence-electron chi connectivity index (χ2n) is 6.56. The molecule has 1 aliphatic heterocycles. The zero-order valence-corrected chi connectivity index (χ0v) is 14.5. The van der Waals surface area contributed by atoms with Gasteiger partial charge >= 0.3 is 0 Å². The molecule has 0 saturated heterocycles. The monoisotopic (exact) mass is 347 g/mol. The minimum atomic E-state index is -0.179. The number of aryl methyl sites for hydroxylation is 1. The van der Waals surface area contributed by atoms with Crippen LogP contribution in [0.15, 0.2) is 48.5 Å². The molecule has 0 aliphatic carbocycles. The highest BCUT2D eigenvalue weighted by Crippen LogP contribution is 2.24. The molecule has 3 N–H and O–H groups in total. The van der Waals surface area contributed by atoms with Crippen molar-refractivity contribution in [2.75, 3.05) is 11.1 Å². The number of nitrogens with one attached hydrogen (secondary N) is 1. The van der Waals surface area contributed by atoms with Crippen LogP contribution >= 0.6 is 0 Å². The Bertz CT molecular complexity index is 930. The predicted octanol–water partition coefficient (Wildman–Crippen LogP) is 3.51. The fraction of sp³-hybridized carbons (Fsp3) is 0.250. The smallest absolute Gasteiger partial charge is 0.255 e. The third kappa shape index (κ3) is 3.31. The van der Waals surface area contributed by atoms with Crippen LogP contribution in [0.2, 0.25) is 0 Å². The van der Waals surface area contributed by atoms with Crippen LogP contribution in [-0.2, 0) is 13.0 Å². The van der Waals surface area contributed by atoms with Crippen LogP contribution < -0.4 is 11.1 Å². The number of amides is 1. The summed E-state index contributed by atoms with van der Waals surface area (Å²) in [6.07, 6.45) is 4.55. The Morgan fingerprint density at radius 2 is 1.88 bits per heavy atom. The lowest BCUT2D eigenvalue weighted by atomic mass is 10.1. The molecule has 4 rings (SSSR count). The number of rotatable bonds is 3. The first kappa shape index (κ1) is 16.3. The maximum Gasteiger partial charge on any atom is 0.255 e. The van der Waals surface area contributed by atoms with Crippen LogP contribution in [-0.4, -0.2) is 20.7 Å². The Morgan fingerprint density at radius 3 is 2.69 bits per heavy atom. The standard InChI is InChI=1S/C20H21N5O/c21-16-6-4-5-15(13-16)20(26)22-17-10-8-14(9-11-17)19-24-23-18-7-2-1-3-12-25(18)19/h4-6,8-11,13H,1-3,7,12,21H2,(H,22,26). The van der Waals surface area contributed by atoms with E-state index >= 15 is 0 Å². The van der Waals surface area contributed by atoms with E-state index in [9.17, 15) is 4.79 Å². The van der Waals surface area contributed by atoms with Gasteiger partial charge in [0.15, 0.2) is 5.82 Å². The van der Waals surface area contributed by atoms with Crippen molar-refractivity contribution in [3.63, 3.8) is 0 Å². The number of hydrogen-bond acceptors (Lipinski definition) is 4. The number of benzene rings is 2. The first-order valence-corrected chi connectivity index (χ1v) is 8.90. The third-order valence-corrected chi connectivity index (χ3v) is 4.66. The molecule has 0 atom stereocenters. The van der Waals surface area contributed by atoms with Gasteiger partial charge in [-0.3, -0.25) is 4.79 Å². The maximum atomic E-state index is 12.3. The van der Waals surface area contributed by atoms with E-state index in [1.807, 2.05) is 24.3 Å². The van der Waals surface area contributed by atoms with Gasteiger partial charge in [0.2, 0.25) is 0 Å². The molecule has 0 radical (unpaired) electrons. The van der Waals surface area contributed by atoms with Crippen molar-refractivity contribution in [1.82, 2.24) is 14.8 Å². The second kappa shape index (κ2) is 7.00. The highest BCUT2D eigenvalue weighted by atomic mass is 16.1. The number of nitrogens with zero attached hydrogens (tertiary/aromatic N) is 3. The maximum absolute atomic E-state index is 12.3. The van der Waals surface area contributed by atoms with E-state index in [1.165, 1.54) is 12.8 Å². The fourth-order valence-corrected chi connectivity index (χ4v) is 3.28. The molecule has 0 unspecified atom stereocenters. The Labute approximate surface area is 152 Å². The van der Waals surface area contributed by atoms with E-state index in [0.29, 0.717) is 11.3 Å². The number of nitrogens with two attached hydrogens (primary N) is 1. The average Bonchev–Trinajstić information content (AvgIpc) is 2.90. The molecule has 6 nitrogen and oxygen atoms in total. The van der Waals surface area contributed by atoms with Crippen LogP contribution in [0.25, 0.3) is 11.4 Å². The van der Waals surface area contributed by atoms with Crippen molar-refractivity contribution in [3.05, 3.63) is 59.9 Å². The summed E-state index contributed by atoms with van der Waals surface area (Å²) in [4.78, 5) is 12.3. The molecule has 2 aromatic carbocycles. The van der Waals surface area contributed by atoms with Gasteiger partial charge in [-0.2, -0.15) is 0 Å². The number of hydrogen-bond donors (Lipinski definition) is 2. The second-order valence-corrected chi connectivity index (χ2v) is 6.56. The molecule has 3 aromatic rings. The Morgan fingerprint density at radius 1 is 1.04 bits per heavy atom. The van der Waals surface area contributed by atoms with E-state index < -0.39 is 0 Å². The summed E-state index contributed by atoms with van der Waals surface area (Å²) < 4.78 is 2.22. The van der Waals surface area contributed by atoms with Crippen molar-refractivity contribution in [1.29, 1.82) is 0 Å². The van der Waals surface area contributed by atoms with Gasteiger partial charge in [0.1, 0.15) is 5.82 Å². The molecule has 132 valence electrons. The quantitative estimate of drug-likeness (QED) is 0.710. The summed E-state index contributed by atoms with van der Waals surface area (Å²) in [6, 6.07) is 14.6. The van der Waals surface area contributed by atoms with Gasteiger partial charge in [0.25, 0.3) is 5.91 Å². The Balaban J connectivity index is 1.52. The van der Waals surface area contributed by atoms with Crippen molar-refractivity contribution in [2.24, 2.45) is 0 Å². The number of carbonyl (C=O) groups excluding carboxylic acids is 1. The summed E-state index contributed by atoms with van der Waals surface area (Å²) in [6.45, 7) is 0.964. The highest BCUT2D eigenvalue weighted by Gasteiger charge is 2.16. The molecular formula is C20H21N5O. The molecular weight excluding hydrogens is 326 g/mol. The average molecular weight is 347 g/mol. The molecule has 1 amide bonds. The topological polar surface area (TPSA) is 85.8 Å². The molecule has 0 spiro atoms. The molecule has 1 aromatic heterocycles. The van der Waals surface area contributed by atoms with Crippen molar-refractivity contribution < 1.29 is 4.79 Å². The van der Waals surface area contributed by atoms with Crippen molar-refractivity contribution in [3.8, 4) is 11.4 Å². The number of fused-ring (bicyclic) bond motifs is 1. The van der Waals surface area contributed by atoms with E-state index in [4.69, 9.17) is 5.73 Å². The van der Waals surface area contributed by atoms with Crippen molar-refractivity contribution in [2.45, 2.75) is 32.2 Å². The van der Waals surface area contributed by atoms with Gasteiger partial charge in [-0.1, -0.05) is 12.5 Å². The summed E-state index contributed by atoms with van der Waals surface area (Å²) in [5.41, 5.74) is 8.58. The summed E-state index contributed by atoms with van der Waals surface area (Å²) in [7, 11) is 0.